The van der Waals surface area contributed by atoms with Crippen LogP contribution >= 0.6 is 23.1 Å². The highest BCUT2D eigenvalue weighted by Gasteiger charge is 2.12. The van der Waals surface area contributed by atoms with E-state index in [4.69, 9.17) is 0 Å². The molecule has 118 valence electrons. The Labute approximate surface area is 138 Å². The molecule has 1 aromatic carbocycles. The average molecular weight is 338 g/mol. The summed E-state index contributed by atoms with van der Waals surface area (Å²) in [4.78, 5) is 18.2. The number of hydrogen-bond acceptors (Lipinski definition) is 4. The number of thioether (sulfide) groups is 1. The van der Waals surface area contributed by atoms with E-state index in [2.05, 4.69) is 4.98 Å². The first-order valence-corrected chi connectivity index (χ1v) is 9.04. The van der Waals surface area contributed by atoms with Gasteiger partial charge in [0.05, 0.1) is 11.4 Å². The van der Waals surface area contributed by atoms with Gasteiger partial charge in [-0.3, -0.25) is 4.79 Å². The number of aromatic nitrogens is 1. The quantitative estimate of drug-likeness (QED) is 0.797. The van der Waals surface area contributed by atoms with Crippen LogP contribution in [0.15, 0.2) is 29.6 Å². The number of nitrogens with zero attached hydrogens (tertiary/aromatic N) is 2. The third kappa shape index (κ3) is 4.55. The molecule has 6 heteroatoms. The van der Waals surface area contributed by atoms with Crippen LogP contribution in [-0.2, 0) is 10.5 Å². The minimum Gasteiger partial charge on any atom is -0.343 e. The summed E-state index contributed by atoms with van der Waals surface area (Å²) in [6.45, 7) is 4.00. The van der Waals surface area contributed by atoms with E-state index in [0.29, 0.717) is 11.5 Å². The van der Waals surface area contributed by atoms with E-state index in [-0.39, 0.29) is 17.8 Å². The Morgan fingerprint density at radius 2 is 2.05 bits per heavy atom. The first-order valence-electron chi connectivity index (χ1n) is 7.01. The fraction of sp³-hybridized carbons (Fsp3) is 0.375. The zero-order valence-corrected chi connectivity index (χ0v) is 14.5. The monoisotopic (exact) mass is 338 g/mol. The summed E-state index contributed by atoms with van der Waals surface area (Å²) >= 11 is 3.10. The van der Waals surface area contributed by atoms with Crippen LogP contribution in [-0.4, -0.2) is 34.6 Å². The second-order valence-electron chi connectivity index (χ2n) is 5.24. The van der Waals surface area contributed by atoms with Gasteiger partial charge in [-0.15, -0.1) is 23.1 Å². The highest BCUT2D eigenvalue weighted by Crippen LogP contribution is 2.25. The highest BCUT2D eigenvalue weighted by molar-refractivity contribution is 7.99. The second kappa shape index (κ2) is 7.74. The van der Waals surface area contributed by atoms with Crippen molar-refractivity contribution < 1.29 is 9.18 Å². The topological polar surface area (TPSA) is 33.2 Å². The lowest BCUT2D eigenvalue weighted by Gasteiger charge is -2.20. The summed E-state index contributed by atoms with van der Waals surface area (Å²) in [5.74, 6) is 1.05. The van der Waals surface area contributed by atoms with Crippen LogP contribution < -0.4 is 0 Å². The third-order valence-corrected chi connectivity index (χ3v) is 5.18. The Morgan fingerprint density at radius 3 is 2.68 bits per heavy atom. The summed E-state index contributed by atoms with van der Waals surface area (Å²) in [6.07, 6.45) is 0. The largest absolute Gasteiger partial charge is 0.343 e. The maximum Gasteiger partial charge on any atom is 0.232 e. The molecule has 0 fully saturated rings. The molecule has 0 atom stereocenters. The molecular weight excluding hydrogens is 319 g/mol. The van der Waals surface area contributed by atoms with E-state index < -0.39 is 0 Å². The van der Waals surface area contributed by atoms with Crippen molar-refractivity contribution in [1.82, 2.24) is 9.88 Å². The molecule has 0 aliphatic heterocycles. The summed E-state index contributed by atoms with van der Waals surface area (Å²) < 4.78 is 12.9. The lowest BCUT2D eigenvalue weighted by Crippen LogP contribution is -2.34. The predicted octanol–water partition coefficient (Wildman–Crippen LogP) is 4.05. The standard InChI is InChI=1S/C16H19FN2OS2/c1-11(2)19(3)15(20)10-21-8-14-9-22-16(18-14)12-4-6-13(17)7-5-12/h4-7,9,11H,8,10H2,1-3H3. The van der Waals surface area contributed by atoms with Gasteiger partial charge in [-0.05, 0) is 38.1 Å². The Hall–Kier alpha value is -1.40. The van der Waals surface area contributed by atoms with Crippen LogP contribution in [0, 0.1) is 5.82 Å². The Bertz CT molecular complexity index is 625. The number of benzene rings is 1. The van der Waals surface area contributed by atoms with Crippen LogP contribution in [0.25, 0.3) is 10.6 Å². The van der Waals surface area contributed by atoms with Gasteiger partial charge in [0.25, 0.3) is 0 Å². The van der Waals surface area contributed by atoms with Crippen LogP contribution in [0.2, 0.25) is 0 Å². The number of rotatable bonds is 6. The van der Waals surface area contributed by atoms with Gasteiger partial charge < -0.3 is 4.90 Å². The molecular formula is C16H19FN2OS2. The lowest BCUT2D eigenvalue weighted by molar-refractivity contribution is -0.128. The summed E-state index contributed by atoms with van der Waals surface area (Å²) in [6, 6.07) is 6.55. The minimum atomic E-state index is -0.246. The van der Waals surface area contributed by atoms with Gasteiger partial charge in [-0.2, -0.15) is 0 Å². The smallest absolute Gasteiger partial charge is 0.232 e. The SMILES string of the molecule is CC(C)N(C)C(=O)CSCc1csc(-c2ccc(F)cc2)n1. The predicted molar refractivity (Wildman–Crippen MR) is 91.6 cm³/mol. The Morgan fingerprint density at radius 1 is 1.36 bits per heavy atom. The van der Waals surface area contributed by atoms with Crippen LogP contribution in [0.5, 0.6) is 0 Å². The minimum absolute atomic E-state index is 0.133. The number of thiazole rings is 1. The average Bonchev–Trinajstić information content (AvgIpc) is 2.95. The van der Waals surface area contributed by atoms with Gasteiger partial charge in [0.2, 0.25) is 5.91 Å². The van der Waals surface area contributed by atoms with E-state index in [1.54, 1.807) is 28.8 Å². The normalized spacial score (nSPS) is 11.0. The van der Waals surface area contributed by atoms with E-state index >= 15 is 0 Å². The molecule has 0 bridgehead atoms. The van der Waals surface area contributed by atoms with Gasteiger partial charge in [0, 0.05) is 29.8 Å². The van der Waals surface area contributed by atoms with Crippen LogP contribution in [0.3, 0.4) is 0 Å². The number of halogens is 1. The molecule has 22 heavy (non-hydrogen) atoms. The summed E-state index contributed by atoms with van der Waals surface area (Å²) in [7, 11) is 1.82. The van der Waals surface area contributed by atoms with Crippen molar-refractivity contribution in [2.45, 2.75) is 25.6 Å². The maximum absolute atomic E-state index is 12.9. The van der Waals surface area contributed by atoms with Crippen molar-refractivity contribution in [3.8, 4) is 10.6 Å². The second-order valence-corrected chi connectivity index (χ2v) is 7.09. The zero-order chi connectivity index (χ0) is 16.1. The highest BCUT2D eigenvalue weighted by atomic mass is 32.2. The van der Waals surface area contributed by atoms with E-state index in [1.807, 2.05) is 26.3 Å². The van der Waals surface area contributed by atoms with Crippen molar-refractivity contribution >= 4 is 29.0 Å². The molecule has 0 radical (unpaired) electrons. The fourth-order valence-corrected chi connectivity index (χ4v) is 3.50. The molecule has 0 N–H and O–H groups in total. The van der Waals surface area contributed by atoms with Gasteiger partial charge >= 0.3 is 0 Å². The summed E-state index contributed by atoms with van der Waals surface area (Å²) in [5.41, 5.74) is 1.87. The van der Waals surface area contributed by atoms with Gasteiger partial charge in [-0.25, -0.2) is 9.37 Å². The zero-order valence-electron chi connectivity index (χ0n) is 12.9. The van der Waals surface area contributed by atoms with Crippen molar-refractivity contribution in [2.75, 3.05) is 12.8 Å². The maximum atomic E-state index is 12.9. The number of amides is 1. The number of hydrogen-bond donors (Lipinski definition) is 0. The molecule has 1 amide bonds. The fourth-order valence-electron chi connectivity index (χ4n) is 1.73. The van der Waals surface area contributed by atoms with Gasteiger partial charge in [0.15, 0.2) is 0 Å². The van der Waals surface area contributed by atoms with Crippen molar-refractivity contribution in [3.05, 3.63) is 41.2 Å². The lowest BCUT2D eigenvalue weighted by atomic mass is 10.2. The van der Waals surface area contributed by atoms with Crippen molar-refractivity contribution in [1.29, 1.82) is 0 Å². The first-order chi connectivity index (χ1) is 10.5. The van der Waals surface area contributed by atoms with Crippen molar-refractivity contribution in [2.24, 2.45) is 0 Å². The molecule has 0 saturated carbocycles. The molecule has 0 unspecified atom stereocenters. The Kier molecular flexibility index (Phi) is 5.97. The molecule has 1 aromatic heterocycles. The molecule has 0 aliphatic rings. The molecule has 0 aliphatic carbocycles. The molecule has 0 spiro atoms. The van der Waals surface area contributed by atoms with Crippen LogP contribution in [0.4, 0.5) is 4.39 Å². The molecule has 0 saturated heterocycles. The van der Waals surface area contributed by atoms with Crippen molar-refractivity contribution in [3.63, 3.8) is 0 Å². The molecule has 1 heterocycles. The van der Waals surface area contributed by atoms with Crippen LogP contribution in [0.1, 0.15) is 19.5 Å². The molecule has 3 nitrogen and oxygen atoms in total. The number of carbonyl (C=O) groups excluding carboxylic acids is 1. The first kappa shape index (κ1) is 17.0. The van der Waals surface area contributed by atoms with E-state index in [9.17, 15) is 9.18 Å². The third-order valence-electron chi connectivity index (χ3n) is 3.29. The Balaban J connectivity index is 1.87. The van der Waals surface area contributed by atoms with E-state index in [0.717, 1.165) is 16.3 Å². The van der Waals surface area contributed by atoms with Gasteiger partial charge in [-0.1, -0.05) is 0 Å². The molecule has 2 aromatic rings. The van der Waals surface area contributed by atoms with Gasteiger partial charge in [0.1, 0.15) is 10.8 Å². The number of carbonyl (C=O) groups is 1. The summed E-state index contributed by atoms with van der Waals surface area (Å²) in [5, 5.41) is 2.86. The van der Waals surface area contributed by atoms with E-state index in [1.165, 1.54) is 23.5 Å². The molecule has 2 rings (SSSR count).